The summed E-state index contributed by atoms with van der Waals surface area (Å²) >= 11 is 0. The van der Waals surface area contributed by atoms with Crippen molar-refractivity contribution < 1.29 is 9.53 Å². The molecule has 0 aliphatic carbocycles. The molecule has 0 aliphatic rings. The van der Waals surface area contributed by atoms with Crippen molar-refractivity contribution in [3.63, 3.8) is 0 Å². The molecule has 0 unspecified atom stereocenters. The third-order valence-electron chi connectivity index (χ3n) is 3.86. The summed E-state index contributed by atoms with van der Waals surface area (Å²) in [7, 11) is 3.39. The molecular weight excluding hydrogens is 238 g/mol. The topological polar surface area (TPSA) is 29.5 Å². The number of benzene rings is 1. The van der Waals surface area contributed by atoms with Gasteiger partial charge in [0.05, 0.1) is 7.11 Å². The van der Waals surface area contributed by atoms with E-state index in [0.717, 1.165) is 13.0 Å². The quantitative estimate of drug-likeness (QED) is 0.765. The van der Waals surface area contributed by atoms with Crippen LogP contribution in [0.5, 0.6) is 0 Å². The average Bonchev–Trinajstić information content (AvgIpc) is 2.38. The smallest absolute Gasteiger partial charge is 0.325 e. The Morgan fingerprint density at radius 2 is 1.95 bits per heavy atom. The van der Waals surface area contributed by atoms with Crippen LogP contribution in [0.1, 0.15) is 30.5 Å². The maximum atomic E-state index is 11.7. The summed E-state index contributed by atoms with van der Waals surface area (Å²) in [5.41, 5.74) is 3.32. The lowest BCUT2D eigenvalue weighted by Gasteiger charge is -2.32. The molecule has 0 saturated carbocycles. The average molecular weight is 263 g/mol. The summed E-state index contributed by atoms with van der Waals surface area (Å²) < 4.78 is 4.85. The van der Waals surface area contributed by atoms with E-state index in [4.69, 9.17) is 4.74 Å². The highest BCUT2D eigenvalue weighted by Gasteiger charge is 2.32. The number of rotatable bonds is 5. The summed E-state index contributed by atoms with van der Waals surface area (Å²) in [5, 5.41) is 0. The maximum absolute atomic E-state index is 11.7. The van der Waals surface area contributed by atoms with E-state index >= 15 is 0 Å². The molecule has 0 radical (unpaired) electrons. The fourth-order valence-electron chi connectivity index (χ4n) is 2.04. The summed E-state index contributed by atoms with van der Waals surface area (Å²) in [5.74, 6) is -0.198. The highest BCUT2D eigenvalue weighted by Crippen LogP contribution is 2.17. The minimum absolute atomic E-state index is 0.198. The molecule has 1 rings (SSSR count). The number of carbonyl (C=O) groups is 1. The van der Waals surface area contributed by atoms with Crippen molar-refractivity contribution in [2.24, 2.45) is 0 Å². The minimum atomic E-state index is -0.591. The van der Waals surface area contributed by atoms with Crippen LogP contribution >= 0.6 is 0 Å². The van der Waals surface area contributed by atoms with Crippen molar-refractivity contribution in [1.29, 1.82) is 0 Å². The van der Waals surface area contributed by atoms with E-state index in [1.807, 2.05) is 25.8 Å². The third kappa shape index (κ3) is 3.80. The van der Waals surface area contributed by atoms with Crippen molar-refractivity contribution in [1.82, 2.24) is 4.90 Å². The van der Waals surface area contributed by atoms with Gasteiger partial charge < -0.3 is 4.74 Å². The van der Waals surface area contributed by atoms with Gasteiger partial charge in [-0.15, -0.1) is 0 Å². The number of nitrogens with zero attached hydrogens (tertiary/aromatic N) is 1. The van der Waals surface area contributed by atoms with E-state index in [1.54, 1.807) is 0 Å². The lowest BCUT2D eigenvalue weighted by atomic mass is 10.00. The van der Waals surface area contributed by atoms with Gasteiger partial charge in [0.15, 0.2) is 0 Å². The zero-order valence-corrected chi connectivity index (χ0v) is 12.9. The first-order valence-electron chi connectivity index (χ1n) is 6.65. The fourth-order valence-corrected chi connectivity index (χ4v) is 2.04. The summed E-state index contributed by atoms with van der Waals surface area (Å²) in [4.78, 5) is 13.8. The van der Waals surface area contributed by atoms with Gasteiger partial charge in [0.25, 0.3) is 0 Å². The second kappa shape index (κ2) is 6.20. The molecule has 0 aromatic heterocycles. The van der Waals surface area contributed by atoms with Crippen LogP contribution in [0.2, 0.25) is 0 Å². The van der Waals surface area contributed by atoms with Crippen molar-refractivity contribution in [3.05, 3.63) is 34.9 Å². The molecule has 0 spiro atoms. The van der Waals surface area contributed by atoms with Gasteiger partial charge in [0.2, 0.25) is 0 Å². The van der Waals surface area contributed by atoms with Gasteiger partial charge in [0.1, 0.15) is 5.54 Å². The van der Waals surface area contributed by atoms with Crippen LogP contribution in [-0.2, 0) is 16.0 Å². The zero-order chi connectivity index (χ0) is 14.6. The molecule has 0 heterocycles. The Morgan fingerprint density at radius 3 is 2.53 bits per heavy atom. The van der Waals surface area contributed by atoms with Crippen LogP contribution < -0.4 is 0 Å². The largest absolute Gasteiger partial charge is 0.468 e. The van der Waals surface area contributed by atoms with E-state index in [-0.39, 0.29) is 5.97 Å². The summed E-state index contributed by atoms with van der Waals surface area (Å²) in [6.07, 6.45) is 0.935. The number of carbonyl (C=O) groups excluding carboxylic acids is 1. The van der Waals surface area contributed by atoms with Gasteiger partial charge in [-0.1, -0.05) is 23.8 Å². The Balaban J connectivity index is 2.71. The molecule has 0 amide bonds. The fraction of sp³-hybridized carbons (Fsp3) is 0.562. The van der Waals surface area contributed by atoms with Crippen LogP contribution in [0.4, 0.5) is 0 Å². The number of methoxy groups -OCH3 is 1. The first-order chi connectivity index (χ1) is 8.78. The SMILES string of the molecule is COC(=O)C(C)(C)N(C)CCc1cc(C)ccc1C. The van der Waals surface area contributed by atoms with Gasteiger partial charge in [-0.05, 0) is 52.3 Å². The van der Waals surface area contributed by atoms with Crippen LogP contribution in [0.3, 0.4) is 0 Å². The predicted molar refractivity (Wildman–Crippen MR) is 78.3 cm³/mol. The van der Waals surface area contributed by atoms with Crippen molar-refractivity contribution in [2.45, 2.75) is 39.7 Å². The molecule has 3 nitrogen and oxygen atoms in total. The Hall–Kier alpha value is -1.35. The first kappa shape index (κ1) is 15.7. The van der Waals surface area contributed by atoms with Crippen LogP contribution in [0.15, 0.2) is 18.2 Å². The van der Waals surface area contributed by atoms with Crippen LogP contribution in [-0.4, -0.2) is 37.1 Å². The van der Waals surface area contributed by atoms with Crippen molar-refractivity contribution in [2.75, 3.05) is 20.7 Å². The molecule has 3 heteroatoms. The molecule has 1 aromatic rings. The molecule has 106 valence electrons. The van der Waals surface area contributed by atoms with E-state index < -0.39 is 5.54 Å². The lowest BCUT2D eigenvalue weighted by molar-refractivity contribution is -0.152. The molecule has 1 aromatic carbocycles. The van der Waals surface area contributed by atoms with Crippen LogP contribution in [0, 0.1) is 13.8 Å². The molecule has 19 heavy (non-hydrogen) atoms. The Kier molecular flexibility index (Phi) is 5.12. The summed E-state index contributed by atoms with van der Waals surface area (Å²) in [6.45, 7) is 8.83. The number of hydrogen-bond donors (Lipinski definition) is 0. The number of aryl methyl sites for hydroxylation is 2. The first-order valence-corrected chi connectivity index (χ1v) is 6.65. The van der Waals surface area contributed by atoms with Gasteiger partial charge in [0, 0.05) is 6.54 Å². The standard InChI is InChI=1S/C16H25NO2/c1-12-7-8-13(2)14(11-12)9-10-17(5)16(3,4)15(18)19-6/h7-8,11H,9-10H2,1-6H3. The molecular formula is C16H25NO2. The minimum Gasteiger partial charge on any atom is -0.468 e. The molecule has 0 bridgehead atoms. The Morgan fingerprint density at radius 1 is 1.32 bits per heavy atom. The molecule has 0 atom stereocenters. The molecule has 0 aliphatic heterocycles. The Labute approximate surface area is 116 Å². The van der Waals surface area contributed by atoms with Gasteiger partial charge >= 0.3 is 5.97 Å². The number of hydrogen-bond acceptors (Lipinski definition) is 3. The molecule has 0 N–H and O–H groups in total. The second-order valence-corrected chi connectivity index (χ2v) is 5.65. The van der Waals surface area contributed by atoms with Crippen LogP contribution in [0.25, 0.3) is 0 Å². The highest BCUT2D eigenvalue weighted by atomic mass is 16.5. The number of likely N-dealkylation sites (N-methyl/N-ethyl adjacent to an activating group) is 1. The highest BCUT2D eigenvalue weighted by molar-refractivity contribution is 5.79. The molecule has 0 fully saturated rings. The maximum Gasteiger partial charge on any atom is 0.325 e. The van der Waals surface area contributed by atoms with Gasteiger partial charge in [-0.2, -0.15) is 0 Å². The predicted octanol–water partition coefficient (Wildman–Crippen LogP) is 2.73. The third-order valence-corrected chi connectivity index (χ3v) is 3.86. The number of ether oxygens (including phenoxy) is 1. The van der Waals surface area contributed by atoms with E-state index in [1.165, 1.54) is 23.8 Å². The van der Waals surface area contributed by atoms with Crippen molar-refractivity contribution >= 4 is 5.97 Å². The van der Waals surface area contributed by atoms with Gasteiger partial charge in [-0.3, -0.25) is 9.69 Å². The van der Waals surface area contributed by atoms with E-state index in [0.29, 0.717) is 0 Å². The lowest BCUT2D eigenvalue weighted by Crippen LogP contribution is -2.49. The Bertz CT molecular complexity index is 452. The zero-order valence-electron chi connectivity index (χ0n) is 12.9. The summed E-state index contributed by atoms with van der Waals surface area (Å²) in [6, 6.07) is 6.49. The normalized spacial score (nSPS) is 11.7. The monoisotopic (exact) mass is 263 g/mol. The molecule has 0 saturated heterocycles. The number of esters is 1. The van der Waals surface area contributed by atoms with Gasteiger partial charge in [-0.25, -0.2) is 0 Å². The van der Waals surface area contributed by atoms with E-state index in [9.17, 15) is 4.79 Å². The van der Waals surface area contributed by atoms with E-state index in [2.05, 4.69) is 32.0 Å². The second-order valence-electron chi connectivity index (χ2n) is 5.65. The van der Waals surface area contributed by atoms with Crippen molar-refractivity contribution in [3.8, 4) is 0 Å².